The first-order valence-electron chi connectivity index (χ1n) is 9.34. The second kappa shape index (κ2) is 5.81. The van der Waals surface area contributed by atoms with Gasteiger partial charge in [-0.25, -0.2) is 0 Å². The maximum Gasteiger partial charge on any atom is 0.306 e. The van der Waals surface area contributed by atoms with Crippen molar-refractivity contribution < 1.29 is 14.0 Å². The van der Waals surface area contributed by atoms with Crippen molar-refractivity contribution in [3.05, 3.63) is 0 Å². The summed E-state index contributed by atoms with van der Waals surface area (Å²) in [5.74, 6) is 3.17. The molecule has 0 aromatic carbocycles. The van der Waals surface area contributed by atoms with Gasteiger partial charge in [0.2, 0.25) is 0 Å². The topological polar surface area (TPSA) is 26.3 Å². The van der Waals surface area contributed by atoms with E-state index in [0.29, 0.717) is 18.3 Å². The van der Waals surface area contributed by atoms with E-state index < -0.39 is 0 Å². The zero-order valence-corrected chi connectivity index (χ0v) is 14.9. The molecule has 0 spiro atoms. The molecule has 22 heavy (non-hydrogen) atoms. The number of quaternary nitrogens is 1. The first-order chi connectivity index (χ1) is 10.3. The van der Waals surface area contributed by atoms with Crippen LogP contribution in [0.5, 0.6) is 0 Å². The van der Waals surface area contributed by atoms with E-state index in [1.807, 2.05) is 6.92 Å². The molecule has 4 saturated carbocycles. The molecule has 3 heteroatoms. The maximum atomic E-state index is 12.1. The van der Waals surface area contributed by atoms with Gasteiger partial charge in [-0.2, -0.15) is 0 Å². The van der Waals surface area contributed by atoms with Crippen LogP contribution in [0.3, 0.4) is 0 Å². The molecule has 0 amide bonds. The Morgan fingerprint density at radius 3 is 2.05 bits per heavy atom. The van der Waals surface area contributed by atoms with E-state index in [1.54, 1.807) is 0 Å². The van der Waals surface area contributed by atoms with Crippen LogP contribution in [0.15, 0.2) is 0 Å². The summed E-state index contributed by atoms with van der Waals surface area (Å²) in [4.78, 5) is 12.1. The highest BCUT2D eigenvalue weighted by Crippen LogP contribution is 2.61. The third-order valence-corrected chi connectivity index (χ3v) is 6.51. The molecule has 0 unspecified atom stereocenters. The van der Waals surface area contributed by atoms with Crippen molar-refractivity contribution >= 4 is 5.97 Å². The van der Waals surface area contributed by atoms with Crippen molar-refractivity contribution in [3.8, 4) is 0 Å². The third kappa shape index (κ3) is 3.06. The van der Waals surface area contributed by atoms with Gasteiger partial charge in [-0.05, 0) is 62.2 Å². The van der Waals surface area contributed by atoms with Crippen molar-refractivity contribution in [2.24, 2.45) is 23.7 Å². The zero-order valence-electron chi connectivity index (χ0n) is 14.9. The van der Waals surface area contributed by atoms with E-state index >= 15 is 0 Å². The van der Waals surface area contributed by atoms with Crippen molar-refractivity contribution in [1.29, 1.82) is 0 Å². The lowest BCUT2D eigenvalue weighted by Crippen LogP contribution is -2.59. The van der Waals surface area contributed by atoms with Gasteiger partial charge in [-0.3, -0.25) is 4.79 Å². The summed E-state index contributed by atoms with van der Waals surface area (Å²) in [5.41, 5.74) is -0.115. The Morgan fingerprint density at radius 2 is 1.59 bits per heavy atom. The van der Waals surface area contributed by atoms with Crippen LogP contribution < -0.4 is 0 Å². The van der Waals surface area contributed by atoms with Crippen LogP contribution in [0.2, 0.25) is 0 Å². The van der Waals surface area contributed by atoms with E-state index in [-0.39, 0.29) is 11.6 Å². The van der Waals surface area contributed by atoms with Crippen molar-refractivity contribution in [1.82, 2.24) is 0 Å². The highest BCUT2D eigenvalue weighted by molar-refractivity contribution is 5.69. The van der Waals surface area contributed by atoms with E-state index in [1.165, 1.54) is 38.5 Å². The second-order valence-electron chi connectivity index (χ2n) is 9.20. The molecule has 0 atom stereocenters. The van der Waals surface area contributed by atoms with E-state index in [9.17, 15) is 4.79 Å². The van der Waals surface area contributed by atoms with Gasteiger partial charge in [0.15, 0.2) is 0 Å². The Morgan fingerprint density at radius 1 is 1.05 bits per heavy atom. The standard InChI is InChI=1S/C19H34NO2/c1-5-18(21)22-19(7-6-8-20(2,3)4)16-10-14-9-15(12-16)13-17(19)11-14/h14-17H,5-13H2,1-4H3/q+1. The number of ether oxygens (including phenoxy) is 1. The van der Waals surface area contributed by atoms with E-state index in [4.69, 9.17) is 4.74 Å². The Kier molecular flexibility index (Phi) is 4.30. The molecule has 0 saturated heterocycles. The predicted molar refractivity (Wildman–Crippen MR) is 88.3 cm³/mol. The monoisotopic (exact) mass is 308 g/mol. The molecular formula is C19H34NO2+. The quantitative estimate of drug-likeness (QED) is 0.553. The van der Waals surface area contributed by atoms with Crippen LogP contribution in [-0.4, -0.2) is 43.7 Å². The third-order valence-electron chi connectivity index (χ3n) is 6.51. The number of hydrogen-bond donors (Lipinski definition) is 0. The van der Waals surface area contributed by atoms with Crippen molar-refractivity contribution in [2.45, 2.75) is 63.9 Å². The fraction of sp³-hybridized carbons (Fsp3) is 0.947. The molecule has 0 aromatic heterocycles. The largest absolute Gasteiger partial charge is 0.458 e. The van der Waals surface area contributed by atoms with Crippen LogP contribution in [0.1, 0.15) is 58.3 Å². The lowest BCUT2D eigenvalue weighted by molar-refractivity contribution is -0.870. The molecule has 3 nitrogen and oxygen atoms in total. The summed E-state index contributed by atoms with van der Waals surface area (Å²) in [5, 5.41) is 0. The second-order valence-corrected chi connectivity index (χ2v) is 9.20. The molecule has 0 heterocycles. The molecule has 4 rings (SSSR count). The van der Waals surface area contributed by atoms with Crippen molar-refractivity contribution in [2.75, 3.05) is 27.7 Å². The van der Waals surface area contributed by atoms with E-state index in [2.05, 4.69) is 21.1 Å². The summed E-state index contributed by atoms with van der Waals surface area (Å²) < 4.78 is 7.23. The fourth-order valence-electron chi connectivity index (χ4n) is 5.72. The fourth-order valence-corrected chi connectivity index (χ4v) is 5.72. The van der Waals surface area contributed by atoms with E-state index in [0.717, 1.165) is 29.3 Å². The molecule has 0 aromatic rings. The van der Waals surface area contributed by atoms with Gasteiger partial charge in [-0.1, -0.05) is 6.92 Å². The average molecular weight is 308 g/mol. The predicted octanol–water partition coefficient (Wildman–Crippen LogP) is 3.62. The van der Waals surface area contributed by atoms with Gasteiger partial charge in [0.05, 0.1) is 27.7 Å². The summed E-state index contributed by atoms with van der Waals surface area (Å²) in [7, 11) is 6.75. The molecule has 0 radical (unpaired) electrons. The van der Waals surface area contributed by atoms with Crippen LogP contribution >= 0.6 is 0 Å². The summed E-state index contributed by atoms with van der Waals surface area (Å²) in [6.45, 7) is 3.09. The Hall–Kier alpha value is -0.570. The molecular weight excluding hydrogens is 274 g/mol. The van der Waals surface area contributed by atoms with Crippen molar-refractivity contribution in [3.63, 3.8) is 0 Å². The summed E-state index contributed by atoms with van der Waals surface area (Å²) in [6, 6.07) is 0. The molecule has 4 aliphatic carbocycles. The normalized spacial score (nSPS) is 40.0. The van der Waals surface area contributed by atoms with Gasteiger partial charge in [0.25, 0.3) is 0 Å². The van der Waals surface area contributed by atoms with Crippen LogP contribution in [0.25, 0.3) is 0 Å². The minimum absolute atomic E-state index is 0.0257. The summed E-state index contributed by atoms with van der Waals surface area (Å²) in [6.07, 6.45) is 9.48. The Bertz CT molecular complexity index is 396. The molecule has 0 aliphatic heterocycles. The number of esters is 1. The maximum absolute atomic E-state index is 12.1. The highest BCUT2D eigenvalue weighted by atomic mass is 16.6. The number of rotatable bonds is 6. The lowest BCUT2D eigenvalue weighted by Gasteiger charge is -2.60. The molecule has 0 N–H and O–H groups in total. The number of carbonyl (C=O) groups excluding carboxylic acids is 1. The molecule has 4 aliphatic rings. The zero-order chi connectivity index (χ0) is 16.0. The van der Waals surface area contributed by atoms with Crippen LogP contribution in [0.4, 0.5) is 0 Å². The minimum Gasteiger partial charge on any atom is -0.458 e. The Labute approximate surface area is 136 Å². The molecule has 4 fully saturated rings. The SMILES string of the molecule is CCC(=O)OC1(CCC[N+](C)(C)C)C2CC3CC(C2)CC1C3. The van der Waals surface area contributed by atoms with Gasteiger partial charge < -0.3 is 9.22 Å². The van der Waals surface area contributed by atoms with Gasteiger partial charge in [0.1, 0.15) is 5.60 Å². The van der Waals surface area contributed by atoms with Gasteiger partial charge >= 0.3 is 5.97 Å². The minimum atomic E-state index is -0.115. The first-order valence-corrected chi connectivity index (χ1v) is 9.34. The molecule has 4 bridgehead atoms. The van der Waals surface area contributed by atoms with Crippen LogP contribution in [-0.2, 0) is 9.53 Å². The Balaban J connectivity index is 1.76. The molecule has 126 valence electrons. The number of hydrogen-bond acceptors (Lipinski definition) is 2. The van der Waals surface area contributed by atoms with Gasteiger partial charge in [0, 0.05) is 12.8 Å². The number of carbonyl (C=O) groups is 1. The van der Waals surface area contributed by atoms with Crippen LogP contribution in [0, 0.1) is 23.7 Å². The smallest absolute Gasteiger partial charge is 0.306 e. The highest BCUT2D eigenvalue weighted by Gasteiger charge is 2.59. The summed E-state index contributed by atoms with van der Waals surface area (Å²) >= 11 is 0. The first kappa shape index (κ1) is 16.3. The average Bonchev–Trinajstić information content (AvgIpc) is 2.42. The lowest BCUT2D eigenvalue weighted by atomic mass is 9.49. The van der Waals surface area contributed by atoms with Gasteiger partial charge in [-0.15, -0.1) is 0 Å². The number of nitrogens with zero attached hydrogens (tertiary/aromatic N) is 1.